The molecule has 1 aliphatic heterocycles. The van der Waals surface area contributed by atoms with Crippen molar-refractivity contribution >= 4 is 37.7 Å². The average molecular weight is 323 g/mol. The highest BCUT2D eigenvalue weighted by Gasteiger charge is 2.39. The lowest BCUT2D eigenvalue weighted by Crippen LogP contribution is -2.27. The SMILES string of the molecule is O=C1CC(S(=O)(=O)F)CN1c1cccnc1Br. The molecule has 0 radical (unpaired) electrons. The molecule has 1 atom stereocenters. The van der Waals surface area contributed by atoms with Crippen LogP contribution in [0.15, 0.2) is 22.9 Å². The first-order chi connectivity index (χ1) is 7.89. The molecular weight excluding hydrogens is 315 g/mol. The Morgan fingerprint density at radius 3 is 2.76 bits per heavy atom. The molecule has 1 unspecified atom stereocenters. The van der Waals surface area contributed by atoms with Crippen LogP contribution in [-0.2, 0) is 15.0 Å². The number of pyridine rings is 1. The van der Waals surface area contributed by atoms with Crippen LogP contribution in [0.5, 0.6) is 0 Å². The molecule has 0 bridgehead atoms. The molecule has 1 aliphatic rings. The van der Waals surface area contributed by atoms with Crippen molar-refractivity contribution in [3.8, 4) is 0 Å². The van der Waals surface area contributed by atoms with Gasteiger partial charge in [-0.05, 0) is 28.1 Å². The highest BCUT2D eigenvalue weighted by molar-refractivity contribution is 9.10. The number of carbonyl (C=O) groups excluding carboxylic acids is 1. The Hall–Kier alpha value is -1.02. The normalized spacial score (nSPS) is 20.9. The summed E-state index contributed by atoms with van der Waals surface area (Å²) in [4.78, 5) is 16.8. The zero-order chi connectivity index (χ0) is 12.6. The third-order valence-electron chi connectivity index (χ3n) is 2.52. The maximum Gasteiger partial charge on any atom is 0.307 e. The van der Waals surface area contributed by atoms with Gasteiger partial charge in [-0.3, -0.25) is 4.79 Å². The molecule has 0 N–H and O–H groups in total. The Morgan fingerprint density at radius 1 is 1.53 bits per heavy atom. The Kier molecular flexibility index (Phi) is 3.17. The van der Waals surface area contributed by atoms with Crippen LogP contribution < -0.4 is 4.90 Å². The van der Waals surface area contributed by atoms with Crippen LogP contribution in [0.1, 0.15) is 6.42 Å². The lowest BCUT2D eigenvalue weighted by atomic mass is 10.4. The first-order valence-corrected chi connectivity index (χ1v) is 6.98. The van der Waals surface area contributed by atoms with Gasteiger partial charge in [0.1, 0.15) is 9.85 Å². The van der Waals surface area contributed by atoms with Gasteiger partial charge < -0.3 is 4.90 Å². The maximum atomic E-state index is 12.8. The minimum Gasteiger partial charge on any atom is -0.308 e. The van der Waals surface area contributed by atoms with Crippen LogP contribution >= 0.6 is 15.9 Å². The third kappa shape index (κ3) is 2.47. The van der Waals surface area contributed by atoms with Gasteiger partial charge in [-0.25, -0.2) is 4.98 Å². The first-order valence-electron chi connectivity index (χ1n) is 4.74. The van der Waals surface area contributed by atoms with Gasteiger partial charge in [-0.15, -0.1) is 3.89 Å². The summed E-state index contributed by atoms with van der Waals surface area (Å²) in [6.45, 7) is -0.179. The summed E-state index contributed by atoms with van der Waals surface area (Å²) in [5, 5.41) is -1.29. The van der Waals surface area contributed by atoms with E-state index in [1.807, 2.05) is 0 Å². The molecule has 8 heteroatoms. The van der Waals surface area contributed by atoms with Crippen molar-refractivity contribution in [2.75, 3.05) is 11.4 Å². The fraction of sp³-hybridized carbons (Fsp3) is 0.333. The second kappa shape index (κ2) is 4.34. The van der Waals surface area contributed by atoms with Crippen molar-refractivity contribution in [1.82, 2.24) is 4.98 Å². The van der Waals surface area contributed by atoms with Crippen molar-refractivity contribution in [2.24, 2.45) is 0 Å². The standard InChI is InChI=1S/C9H8BrFN2O3S/c10-9-7(2-1-3-12-9)13-5-6(4-8(13)14)17(11,15)16/h1-3,6H,4-5H2. The minimum atomic E-state index is -4.69. The molecule has 1 aromatic heterocycles. The maximum absolute atomic E-state index is 12.8. The Balaban J connectivity index is 2.31. The molecule has 1 aromatic rings. The van der Waals surface area contributed by atoms with E-state index in [1.54, 1.807) is 12.1 Å². The van der Waals surface area contributed by atoms with Gasteiger partial charge >= 0.3 is 10.2 Å². The molecule has 1 saturated heterocycles. The average Bonchev–Trinajstić information content (AvgIpc) is 2.61. The summed E-state index contributed by atoms with van der Waals surface area (Å²) >= 11 is 3.16. The number of hydrogen-bond acceptors (Lipinski definition) is 4. The van der Waals surface area contributed by atoms with Gasteiger partial charge in [0.05, 0.1) is 5.69 Å². The molecule has 0 spiro atoms. The number of hydrogen-bond donors (Lipinski definition) is 0. The molecule has 0 saturated carbocycles. The van der Waals surface area contributed by atoms with E-state index < -0.39 is 21.4 Å². The van der Waals surface area contributed by atoms with Gasteiger partial charge in [0.25, 0.3) is 0 Å². The Labute approximate surface area is 106 Å². The molecule has 1 fully saturated rings. The number of halogens is 2. The summed E-state index contributed by atoms with van der Waals surface area (Å²) in [5.41, 5.74) is 0.448. The fourth-order valence-electron chi connectivity index (χ4n) is 1.68. The quantitative estimate of drug-likeness (QED) is 0.607. The number of carbonyl (C=O) groups is 1. The molecule has 2 rings (SSSR count). The lowest BCUT2D eigenvalue weighted by Gasteiger charge is -2.16. The smallest absolute Gasteiger partial charge is 0.307 e. The second-order valence-corrected chi connectivity index (χ2v) is 5.99. The molecule has 2 heterocycles. The highest BCUT2D eigenvalue weighted by Crippen LogP contribution is 2.29. The molecule has 92 valence electrons. The number of anilines is 1. The van der Waals surface area contributed by atoms with E-state index in [2.05, 4.69) is 20.9 Å². The highest BCUT2D eigenvalue weighted by atomic mass is 79.9. The largest absolute Gasteiger partial charge is 0.308 e. The van der Waals surface area contributed by atoms with Crippen molar-refractivity contribution in [3.05, 3.63) is 22.9 Å². The van der Waals surface area contributed by atoms with Crippen LogP contribution in [0.4, 0.5) is 9.57 Å². The topological polar surface area (TPSA) is 67.3 Å². The minimum absolute atomic E-state index is 0.179. The van der Waals surface area contributed by atoms with Crippen molar-refractivity contribution in [1.29, 1.82) is 0 Å². The number of rotatable bonds is 2. The number of aromatic nitrogens is 1. The molecule has 5 nitrogen and oxygen atoms in total. The van der Waals surface area contributed by atoms with Crippen LogP contribution in [0.2, 0.25) is 0 Å². The van der Waals surface area contributed by atoms with Gasteiger partial charge in [0, 0.05) is 19.2 Å². The van der Waals surface area contributed by atoms with Gasteiger partial charge in [-0.1, -0.05) is 0 Å². The van der Waals surface area contributed by atoms with E-state index >= 15 is 0 Å². The van der Waals surface area contributed by atoms with E-state index in [0.29, 0.717) is 10.3 Å². The molecule has 1 amide bonds. The molecule has 0 aromatic carbocycles. The van der Waals surface area contributed by atoms with E-state index in [0.717, 1.165) is 0 Å². The molecule has 17 heavy (non-hydrogen) atoms. The van der Waals surface area contributed by atoms with Crippen molar-refractivity contribution in [3.63, 3.8) is 0 Å². The number of nitrogens with zero attached hydrogens (tertiary/aromatic N) is 2. The summed E-state index contributed by atoms with van der Waals surface area (Å²) in [5.74, 6) is -0.426. The molecular formula is C9H8BrFN2O3S. The lowest BCUT2D eigenvalue weighted by molar-refractivity contribution is -0.117. The zero-order valence-electron chi connectivity index (χ0n) is 8.51. The van der Waals surface area contributed by atoms with E-state index in [-0.39, 0.29) is 13.0 Å². The Morgan fingerprint density at radius 2 is 2.24 bits per heavy atom. The van der Waals surface area contributed by atoms with Crippen LogP contribution in [-0.4, -0.2) is 31.1 Å². The molecule has 0 aliphatic carbocycles. The monoisotopic (exact) mass is 322 g/mol. The summed E-state index contributed by atoms with van der Waals surface area (Å²) < 4.78 is 34.8. The third-order valence-corrected chi connectivity index (χ3v) is 4.24. The summed E-state index contributed by atoms with van der Waals surface area (Å²) in [6.07, 6.45) is 1.19. The van der Waals surface area contributed by atoms with Gasteiger partial charge in [-0.2, -0.15) is 8.42 Å². The predicted molar refractivity (Wildman–Crippen MR) is 62.7 cm³/mol. The van der Waals surface area contributed by atoms with E-state index in [4.69, 9.17) is 0 Å². The summed E-state index contributed by atoms with van der Waals surface area (Å²) in [7, 11) is -4.69. The van der Waals surface area contributed by atoms with E-state index in [9.17, 15) is 17.1 Å². The van der Waals surface area contributed by atoms with Crippen molar-refractivity contribution < 1.29 is 17.1 Å². The second-order valence-electron chi connectivity index (χ2n) is 3.62. The van der Waals surface area contributed by atoms with Crippen LogP contribution in [0, 0.1) is 0 Å². The van der Waals surface area contributed by atoms with Crippen molar-refractivity contribution in [2.45, 2.75) is 11.7 Å². The number of amides is 1. The fourth-order valence-corrected chi connectivity index (χ4v) is 2.81. The predicted octanol–water partition coefficient (Wildman–Crippen LogP) is 1.25. The Bertz CT molecular complexity index is 563. The van der Waals surface area contributed by atoms with E-state index in [1.165, 1.54) is 11.1 Å². The first kappa shape index (κ1) is 12.4. The van der Waals surface area contributed by atoms with Crippen LogP contribution in [0.25, 0.3) is 0 Å². The van der Waals surface area contributed by atoms with Gasteiger partial charge in [0.2, 0.25) is 5.91 Å². The zero-order valence-corrected chi connectivity index (χ0v) is 10.9. The van der Waals surface area contributed by atoms with Gasteiger partial charge in [0.15, 0.2) is 0 Å². The summed E-state index contributed by atoms with van der Waals surface area (Å²) in [6, 6.07) is 3.23. The van der Waals surface area contributed by atoms with Crippen LogP contribution in [0.3, 0.4) is 0 Å².